The summed E-state index contributed by atoms with van der Waals surface area (Å²) in [7, 11) is 0. The van der Waals surface area contributed by atoms with Crippen molar-refractivity contribution in [3.8, 4) is 0 Å². The van der Waals surface area contributed by atoms with E-state index in [0.717, 1.165) is 5.56 Å². The largest absolute Gasteiger partial charge is 0.392 e. The number of hydrogen-bond acceptors (Lipinski definition) is 2. The van der Waals surface area contributed by atoms with Crippen LogP contribution >= 0.6 is 11.6 Å². The average molecular weight is 261 g/mol. The first-order valence-electron chi connectivity index (χ1n) is 5.63. The lowest BCUT2D eigenvalue weighted by Crippen LogP contribution is -2.07. The number of rotatable bonds is 3. The highest BCUT2D eigenvalue weighted by molar-refractivity contribution is 6.31. The second kappa shape index (κ2) is 5.34. The third-order valence-electron chi connectivity index (χ3n) is 2.88. The molecule has 0 bridgehead atoms. The molecule has 0 atom stereocenters. The van der Waals surface area contributed by atoms with Crippen molar-refractivity contribution in [2.24, 2.45) is 0 Å². The van der Waals surface area contributed by atoms with Gasteiger partial charge in [0.1, 0.15) is 0 Å². The van der Waals surface area contributed by atoms with Crippen LogP contribution in [0.2, 0.25) is 5.02 Å². The molecule has 0 aliphatic carbocycles. The van der Waals surface area contributed by atoms with E-state index in [1.54, 1.807) is 24.3 Å². The molecule has 0 radical (unpaired) electrons. The maximum Gasteiger partial charge on any atom is 0.193 e. The fraction of sp³-hybridized carbons (Fsp3) is 0.133. The van der Waals surface area contributed by atoms with Gasteiger partial charge in [0.05, 0.1) is 6.61 Å². The predicted octanol–water partition coefficient (Wildman–Crippen LogP) is 3.37. The van der Waals surface area contributed by atoms with E-state index in [4.69, 9.17) is 11.6 Å². The predicted molar refractivity (Wildman–Crippen MR) is 72.0 cm³/mol. The summed E-state index contributed by atoms with van der Waals surface area (Å²) in [5.74, 6) is -0.111. The first kappa shape index (κ1) is 12.8. The fourth-order valence-corrected chi connectivity index (χ4v) is 2.04. The Kier molecular flexibility index (Phi) is 3.80. The van der Waals surface area contributed by atoms with Crippen molar-refractivity contribution in [1.29, 1.82) is 0 Å². The zero-order valence-corrected chi connectivity index (χ0v) is 10.7. The molecular formula is C15H13ClO2. The molecule has 0 saturated heterocycles. The van der Waals surface area contributed by atoms with Gasteiger partial charge in [0, 0.05) is 16.1 Å². The van der Waals surface area contributed by atoms with Crippen LogP contribution < -0.4 is 0 Å². The normalized spacial score (nSPS) is 10.4. The van der Waals surface area contributed by atoms with Crippen LogP contribution in [-0.4, -0.2) is 10.9 Å². The minimum absolute atomic E-state index is 0.111. The zero-order valence-electron chi connectivity index (χ0n) is 9.98. The quantitative estimate of drug-likeness (QED) is 0.859. The van der Waals surface area contributed by atoms with E-state index in [-0.39, 0.29) is 12.4 Å². The van der Waals surface area contributed by atoms with E-state index < -0.39 is 0 Å². The molecule has 0 saturated carbocycles. The molecule has 0 fully saturated rings. The van der Waals surface area contributed by atoms with Gasteiger partial charge in [0.2, 0.25) is 0 Å². The Hall–Kier alpha value is -1.64. The van der Waals surface area contributed by atoms with E-state index in [2.05, 4.69) is 0 Å². The summed E-state index contributed by atoms with van der Waals surface area (Å²) in [6.07, 6.45) is 0. The van der Waals surface area contributed by atoms with Gasteiger partial charge in [-0.3, -0.25) is 4.79 Å². The molecule has 2 aromatic carbocycles. The van der Waals surface area contributed by atoms with Gasteiger partial charge in [-0.25, -0.2) is 0 Å². The summed E-state index contributed by atoms with van der Waals surface area (Å²) in [6, 6.07) is 12.3. The number of carbonyl (C=O) groups is 1. The number of halogens is 1. The number of aliphatic hydroxyl groups is 1. The molecule has 2 nitrogen and oxygen atoms in total. The molecule has 18 heavy (non-hydrogen) atoms. The molecule has 0 amide bonds. The smallest absolute Gasteiger partial charge is 0.193 e. The van der Waals surface area contributed by atoms with Gasteiger partial charge in [-0.2, -0.15) is 0 Å². The molecule has 0 spiro atoms. The second-order valence-corrected chi connectivity index (χ2v) is 4.54. The Bertz CT molecular complexity index is 591. The molecular weight excluding hydrogens is 248 g/mol. The number of aliphatic hydroxyl groups excluding tert-OH is 1. The highest BCUT2D eigenvalue weighted by Gasteiger charge is 2.15. The van der Waals surface area contributed by atoms with Gasteiger partial charge in [-0.1, -0.05) is 41.9 Å². The Morgan fingerprint density at radius 3 is 2.56 bits per heavy atom. The maximum atomic E-state index is 12.4. The van der Waals surface area contributed by atoms with Gasteiger partial charge in [-0.05, 0) is 30.2 Å². The first-order valence-corrected chi connectivity index (χ1v) is 6.01. The zero-order chi connectivity index (χ0) is 13.1. The van der Waals surface area contributed by atoms with E-state index in [0.29, 0.717) is 21.7 Å². The average Bonchev–Trinajstić information content (AvgIpc) is 2.38. The van der Waals surface area contributed by atoms with Crippen LogP contribution in [0.5, 0.6) is 0 Å². The van der Waals surface area contributed by atoms with E-state index >= 15 is 0 Å². The Balaban J connectivity index is 2.52. The molecule has 92 valence electrons. The molecule has 0 aliphatic rings. The van der Waals surface area contributed by atoms with Crippen molar-refractivity contribution in [3.63, 3.8) is 0 Å². The van der Waals surface area contributed by atoms with Crippen LogP contribution in [0.4, 0.5) is 0 Å². The highest BCUT2D eigenvalue weighted by Crippen LogP contribution is 2.21. The highest BCUT2D eigenvalue weighted by atomic mass is 35.5. The van der Waals surface area contributed by atoms with Crippen molar-refractivity contribution in [1.82, 2.24) is 0 Å². The summed E-state index contributed by atoms with van der Waals surface area (Å²) in [5, 5.41) is 9.77. The van der Waals surface area contributed by atoms with Crippen molar-refractivity contribution < 1.29 is 9.90 Å². The number of carbonyl (C=O) groups excluding carboxylic acids is 1. The van der Waals surface area contributed by atoms with Crippen molar-refractivity contribution >= 4 is 17.4 Å². The van der Waals surface area contributed by atoms with Gasteiger partial charge < -0.3 is 5.11 Å². The lowest BCUT2D eigenvalue weighted by atomic mass is 9.96. The number of hydrogen-bond donors (Lipinski definition) is 1. The molecule has 2 aromatic rings. The Labute approximate surface area is 111 Å². The monoisotopic (exact) mass is 260 g/mol. The van der Waals surface area contributed by atoms with E-state index in [1.807, 2.05) is 25.1 Å². The minimum atomic E-state index is -0.176. The molecule has 0 heterocycles. The van der Waals surface area contributed by atoms with Crippen LogP contribution in [0.15, 0.2) is 42.5 Å². The molecule has 0 unspecified atom stereocenters. The molecule has 0 aliphatic heterocycles. The Morgan fingerprint density at radius 2 is 1.89 bits per heavy atom. The third-order valence-corrected chi connectivity index (χ3v) is 3.11. The fourth-order valence-electron chi connectivity index (χ4n) is 1.87. The van der Waals surface area contributed by atoms with Gasteiger partial charge >= 0.3 is 0 Å². The number of aryl methyl sites for hydroxylation is 1. The number of ketones is 1. The Morgan fingerprint density at radius 1 is 1.17 bits per heavy atom. The summed E-state index contributed by atoms with van der Waals surface area (Å²) in [6.45, 7) is 1.71. The molecule has 0 aromatic heterocycles. The van der Waals surface area contributed by atoms with E-state index in [1.165, 1.54) is 0 Å². The standard InChI is InChI=1S/C15H13ClO2/c1-10-4-2-3-5-13(10)15(18)14-8-12(16)7-6-11(14)9-17/h2-8,17H,9H2,1H3. The van der Waals surface area contributed by atoms with Crippen molar-refractivity contribution in [3.05, 3.63) is 69.7 Å². The molecule has 3 heteroatoms. The summed E-state index contributed by atoms with van der Waals surface area (Å²) in [5.41, 5.74) is 2.59. The van der Waals surface area contributed by atoms with E-state index in [9.17, 15) is 9.90 Å². The van der Waals surface area contributed by atoms with Crippen molar-refractivity contribution in [2.45, 2.75) is 13.5 Å². The topological polar surface area (TPSA) is 37.3 Å². The molecule has 2 rings (SSSR count). The summed E-state index contributed by atoms with van der Waals surface area (Å²) < 4.78 is 0. The van der Waals surface area contributed by atoms with Crippen LogP contribution in [0, 0.1) is 6.92 Å². The second-order valence-electron chi connectivity index (χ2n) is 4.10. The summed E-state index contributed by atoms with van der Waals surface area (Å²) >= 11 is 5.91. The van der Waals surface area contributed by atoms with Gasteiger partial charge in [0.25, 0.3) is 0 Å². The van der Waals surface area contributed by atoms with Gasteiger partial charge in [0.15, 0.2) is 5.78 Å². The first-order chi connectivity index (χ1) is 8.63. The van der Waals surface area contributed by atoms with Crippen LogP contribution in [-0.2, 0) is 6.61 Å². The molecule has 1 N–H and O–H groups in total. The minimum Gasteiger partial charge on any atom is -0.392 e. The van der Waals surface area contributed by atoms with Crippen LogP contribution in [0.25, 0.3) is 0 Å². The maximum absolute atomic E-state index is 12.4. The third kappa shape index (κ3) is 2.45. The SMILES string of the molecule is Cc1ccccc1C(=O)c1cc(Cl)ccc1CO. The lowest BCUT2D eigenvalue weighted by molar-refractivity contribution is 0.103. The summed E-state index contributed by atoms with van der Waals surface area (Å²) in [4.78, 5) is 12.4. The lowest BCUT2D eigenvalue weighted by Gasteiger charge is -2.09. The van der Waals surface area contributed by atoms with Crippen LogP contribution in [0.3, 0.4) is 0 Å². The van der Waals surface area contributed by atoms with Crippen LogP contribution in [0.1, 0.15) is 27.0 Å². The van der Waals surface area contributed by atoms with Crippen molar-refractivity contribution in [2.75, 3.05) is 0 Å². The van der Waals surface area contributed by atoms with Gasteiger partial charge in [-0.15, -0.1) is 0 Å². The number of benzene rings is 2.